The van der Waals surface area contributed by atoms with Gasteiger partial charge in [-0.05, 0) is 0 Å². The zero-order valence-electron chi connectivity index (χ0n) is 10.2. The summed E-state index contributed by atoms with van der Waals surface area (Å²) in [7, 11) is 0. The molecule has 0 aromatic rings. The molecule has 0 spiro atoms. The summed E-state index contributed by atoms with van der Waals surface area (Å²) >= 11 is 14.6. The van der Waals surface area contributed by atoms with Crippen LogP contribution in [-0.4, -0.2) is 33.0 Å². The summed E-state index contributed by atoms with van der Waals surface area (Å²) in [6.07, 6.45) is -21.4. The maximum Gasteiger partial charge on any atom is 0.411 e. The minimum absolute atomic E-state index is 0.174. The minimum Gasteiger partial charge on any atom is -0.263 e. The summed E-state index contributed by atoms with van der Waals surface area (Å²) in [6.45, 7) is 0. The van der Waals surface area contributed by atoms with Crippen LogP contribution in [0.5, 0.6) is 0 Å². The van der Waals surface area contributed by atoms with Crippen LogP contribution in [-0.2, 0) is 0 Å². The van der Waals surface area contributed by atoms with Crippen molar-refractivity contribution in [2.45, 2.75) is 34.5 Å². The minimum atomic E-state index is -6.77. The summed E-state index contributed by atoms with van der Waals surface area (Å²) in [5.74, 6) is 0. The highest BCUT2D eigenvalue weighted by atomic mass is 35.6. The van der Waals surface area contributed by atoms with Crippen molar-refractivity contribution in [3.63, 3.8) is 0 Å². The lowest BCUT2D eigenvalue weighted by Crippen LogP contribution is -2.71. The average molecular weight is 417 g/mol. The van der Waals surface area contributed by atoms with Crippen LogP contribution in [0.3, 0.4) is 0 Å². The first-order chi connectivity index (χ1) is 9.90. The molecule has 0 bridgehead atoms. The van der Waals surface area contributed by atoms with Gasteiger partial charge in [0.2, 0.25) is 0 Å². The van der Waals surface area contributed by atoms with Crippen molar-refractivity contribution in [2.75, 3.05) is 0 Å². The smallest absolute Gasteiger partial charge is 0.263 e. The number of hydrogen-bond acceptors (Lipinski definition) is 3. The first kappa shape index (κ1) is 22.2. The van der Waals surface area contributed by atoms with Crippen molar-refractivity contribution in [3.05, 3.63) is 10.1 Å². The maximum absolute atomic E-state index is 13.1. The van der Waals surface area contributed by atoms with E-state index in [2.05, 4.69) is 0 Å². The van der Waals surface area contributed by atoms with Gasteiger partial charge in [-0.1, -0.05) is 34.8 Å². The van der Waals surface area contributed by atoms with Gasteiger partial charge in [0.05, 0.1) is 0 Å². The zero-order chi connectivity index (χ0) is 19.1. The van der Waals surface area contributed by atoms with Crippen molar-refractivity contribution in [2.24, 2.45) is 5.41 Å². The van der Waals surface area contributed by atoms with E-state index >= 15 is 0 Å². The van der Waals surface area contributed by atoms with Crippen LogP contribution in [0.1, 0.15) is 6.42 Å². The third kappa shape index (κ3) is 3.51. The number of nitrogens with zero attached hydrogens (tertiary/aromatic N) is 2. The van der Waals surface area contributed by atoms with Gasteiger partial charge in [0.25, 0.3) is 5.41 Å². The number of rotatable bonds is 4. The Morgan fingerprint density at radius 2 is 1.39 bits per heavy atom. The molecule has 0 fully saturated rings. The molecule has 0 radical (unpaired) electrons. The van der Waals surface area contributed by atoms with E-state index in [0.717, 1.165) is 0 Å². The highest BCUT2D eigenvalue weighted by molar-refractivity contribution is 6.67. The van der Waals surface area contributed by atoms with E-state index in [-0.39, 0.29) is 6.07 Å². The van der Waals surface area contributed by atoms with Crippen LogP contribution in [0.15, 0.2) is 0 Å². The van der Waals surface area contributed by atoms with Gasteiger partial charge in [0.15, 0.2) is 9.86 Å². The van der Waals surface area contributed by atoms with E-state index in [0.29, 0.717) is 0 Å². The largest absolute Gasteiger partial charge is 0.411 e. The third-order valence-electron chi connectivity index (χ3n) is 2.86. The molecule has 0 saturated carbocycles. The fourth-order valence-corrected chi connectivity index (χ4v) is 2.44. The Labute approximate surface area is 137 Å². The van der Waals surface area contributed by atoms with Crippen LogP contribution >= 0.6 is 34.8 Å². The molecule has 0 aromatic heterocycles. The lowest BCUT2D eigenvalue weighted by Gasteiger charge is -2.42. The Hall–Kier alpha value is -0.800. The highest BCUT2D eigenvalue weighted by Crippen LogP contribution is 2.64. The summed E-state index contributed by atoms with van der Waals surface area (Å²) < 4.78 is 101. The van der Waals surface area contributed by atoms with Gasteiger partial charge in [-0.3, -0.25) is 10.1 Å². The lowest BCUT2D eigenvalue weighted by molar-refractivity contribution is -0.620. The second-order valence-electron chi connectivity index (χ2n) is 4.13. The van der Waals surface area contributed by atoms with E-state index in [9.17, 15) is 45.2 Å². The number of halogens is 11. The number of nitro groups is 1. The summed E-state index contributed by atoms with van der Waals surface area (Å²) in [4.78, 5) is 8.02. The number of alkyl halides is 11. The average Bonchev–Trinajstić information content (AvgIpc) is 2.22. The topological polar surface area (TPSA) is 66.9 Å². The fraction of sp³-hybridized carbons (Fsp3) is 0.875. The normalized spacial score (nSPS) is 16.8. The van der Waals surface area contributed by atoms with Crippen molar-refractivity contribution in [1.29, 1.82) is 5.26 Å². The molecule has 0 heterocycles. The predicted octanol–water partition coefficient (Wildman–Crippen LogP) is 4.66. The molecule has 1 unspecified atom stereocenters. The summed E-state index contributed by atoms with van der Waals surface area (Å²) in [6, 6.07) is -0.174. The summed E-state index contributed by atoms with van der Waals surface area (Å²) in [5.41, 5.74) is -11.4. The zero-order valence-corrected chi connectivity index (χ0v) is 12.4. The van der Waals surface area contributed by atoms with Crippen LogP contribution in [0.4, 0.5) is 35.1 Å². The molecule has 4 nitrogen and oxygen atoms in total. The van der Waals surface area contributed by atoms with E-state index < -0.39 is 44.9 Å². The van der Waals surface area contributed by atoms with Crippen LogP contribution in [0.25, 0.3) is 0 Å². The van der Waals surface area contributed by atoms with Gasteiger partial charge in [0, 0.05) is 11.3 Å². The van der Waals surface area contributed by atoms with Gasteiger partial charge < -0.3 is 0 Å². The van der Waals surface area contributed by atoms with Crippen molar-refractivity contribution in [3.8, 4) is 6.07 Å². The van der Waals surface area contributed by atoms with E-state index in [1.54, 1.807) is 0 Å². The van der Waals surface area contributed by atoms with Gasteiger partial charge in [-0.2, -0.15) is 31.6 Å². The molecule has 0 amide bonds. The first-order valence-electron chi connectivity index (χ1n) is 4.95. The van der Waals surface area contributed by atoms with E-state index in [4.69, 9.17) is 40.1 Å². The monoisotopic (exact) mass is 416 g/mol. The third-order valence-corrected chi connectivity index (χ3v) is 3.26. The fourth-order valence-electron chi connectivity index (χ4n) is 1.84. The molecule has 0 rings (SSSR count). The Bertz CT molecular complexity index is 495. The molecule has 0 aliphatic heterocycles. The second kappa shape index (κ2) is 6.25. The van der Waals surface area contributed by atoms with Gasteiger partial charge in [0.1, 0.15) is 0 Å². The van der Waals surface area contributed by atoms with E-state index in [1.165, 1.54) is 0 Å². The van der Waals surface area contributed by atoms with Crippen molar-refractivity contribution in [1.82, 2.24) is 0 Å². The van der Waals surface area contributed by atoms with Gasteiger partial charge in [-0.15, -0.1) is 0 Å². The SMILES string of the molecule is N#CC(C(F)F)([N+](=O)[O-])C(CC(Cl)(Cl)Cl)(C(F)(F)F)C(F)(F)F. The van der Waals surface area contributed by atoms with Gasteiger partial charge in [-0.25, -0.2) is 8.78 Å². The van der Waals surface area contributed by atoms with Crippen LogP contribution in [0, 0.1) is 26.9 Å². The maximum atomic E-state index is 13.1. The molecular weight excluding hydrogens is 414 g/mol. The van der Waals surface area contributed by atoms with Gasteiger partial charge >= 0.3 is 24.3 Å². The predicted molar refractivity (Wildman–Crippen MR) is 60.8 cm³/mol. The van der Waals surface area contributed by atoms with E-state index in [1.807, 2.05) is 0 Å². The molecule has 0 aromatic carbocycles. The molecular formula is C8H3Cl3F8N2O2. The molecule has 0 aliphatic rings. The Morgan fingerprint density at radius 3 is 1.52 bits per heavy atom. The lowest BCUT2D eigenvalue weighted by atomic mass is 9.66. The Balaban J connectivity index is 7.17. The number of hydrogen-bond donors (Lipinski definition) is 0. The molecule has 134 valence electrons. The molecule has 15 heteroatoms. The molecule has 0 aliphatic carbocycles. The van der Waals surface area contributed by atoms with Crippen molar-refractivity contribution >= 4 is 34.8 Å². The first-order valence-corrected chi connectivity index (χ1v) is 6.08. The molecule has 0 saturated heterocycles. The quantitative estimate of drug-likeness (QED) is 0.289. The Morgan fingerprint density at radius 1 is 1.04 bits per heavy atom. The molecule has 1 atom stereocenters. The highest BCUT2D eigenvalue weighted by Gasteiger charge is 2.90. The second-order valence-corrected chi connectivity index (χ2v) is 6.64. The summed E-state index contributed by atoms with van der Waals surface area (Å²) in [5, 5.41) is 19.2. The number of nitriles is 1. The molecule has 0 N–H and O–H groups in total. The molecule has 23 heavy (non-hydrogen) atoms. The Kier molecular flexibility index (Phi) is 6.03. The van der Waals surface area contributed by atoms with Crippen LogP contribution < -0.4 is 0 Å². The van der Waals surface area contributed by atoms with Crippen molar-refractivity contribution < 1.29 is 40.0 Å². The standard InChI is InChI=1S/C8H3Cl3F8N2O2/c9-6(10,11)1-5(7(14,15)16,8(17,18)19)4(2-20,3(12)13)21(22)23/h3H,1H2. The van der Waals surface area contributed by atoms with Crippen LogP contribution in [0.2, 0.25) is 0 Å².